The Hall–Kier alpha value is -2.12. The minimum atomic E-state index is -0.542. The van der Waals surface area contributed by atoms with E-state index in [-0.39, 0.29) is 6.10 Å². The van der Waals surface area contributed by atoms with Gasteiger partial charge in [0.25, 0.3) is 0 Å². The zero-order chi connectivity index (χ0) is 15.5. The van der Waals surface area contributed by atoms with Crippen molar-refractivity contribution in [2.75, 3.05) is 24.6 Å². The molecule has 0 aromatic carbocycles. The molecule has 1 aliphatic heterocycles. The first-order valence-electron chi connectivity index (χ1n) is 6.93. The van der Waals surface area contributed by atoms with Gasteiger partial charge in [-0.3, -0.25) is 9.48 Å². The maximum atomic E-state index is 11.2. The van der Waals surface area contributed by atoms with E-state index in [0.717, 1.165) is 0 Å². The van der Waals surface area contributed by atoms with Crippen LogP contribution in [0.5, 0.6) is 0 Å². The third kappa shape index (κ3) is 3.20. The molecular formula is C14H16ClN5O2. The highest BCUT2D eigenvalue weighted by atomic mass is 35.5. The summed E-state index contributed by atoms with van der Waals surface area (Å²) in [5.74, 6) is 0.0971. The average Bonchev–Trinajstić information content (AvgIpc) is 3.00. The molecule has 1 fully saturated rings. The van der Waals surface area contributed by atoms with Gasteiger partial charge in [0.05, 0.1) is 29.8 Å². The van der Waals surface area contributed by atoms with E-state index in [0.29, 0.717) is 42.6 Å². The summed E-state index contributed by atoms with van der Waals surface area (Å²) in [5.41, 5.74) is 5.53. The monoisotopic (exact) mass is 321 g/mol. The van der Waals surface area contributed by atoms with Crippen molar-refractivity contribution in [2.45, 2.75) is 12.6 Å². The second-order valence-corrected chi connectivity index (χ2v) is 5.47. The van der Waals surface area contributed by atoms with E-state index in [1.807, 2.05) is 21.8 Å². The number of hydrogen-bond acceptors (Lipinski definition) is 5. The number of aromatic nitrogens is 3. The summed E-state index contributed by atoms with van der Waals surface area (Å²) >= 11 is 6.23. The van der Waals surface area contributed by atoms with E-state index < -0.39 is 5.91 Å². The first-order chi connectivity index (χ1) is 10.6. The number of amides is 1. The van der Waals surface area contributed by atoms with Gasteiger partial charge >= 0.3 is 0 Å². The maximum Gasteiger partial charge on any atom is 0.250 e. The molecule has 0 radical (unpaired) electrons. The predicted molar refractivity (Wildman–Crippen MR) is 81.9 cm³/mol. The molecule has 1 unspecified atom stereocenters. The summed E-state index contributed by atoms with van der Waals surface area (Å²) in [5, 5.41) is 4.59. The van der Waals surface area contributed by atoms with Crippen molar-refractivity contribution in [3.63, 3.8) is 0 Å². The van der Waals surface area contributed by atoms with Crippen LogP contribution in [0.2, 0.25) is 5.02 Å². The van der Waals surface area contributed by atoms with Crippen molar-refractivity contribution in [3.05, 3.63) is 41.3 Å². The summed E-state index contributed by atoms with van der Waals surface area (Å²) in [4.78, 5) is 17.5. The molecule has 0 aliphatic carbocycles. The Kier molecular flexibility index (Phi) is 4.26. The van der Waals surface area contributed by atoms with Crippen LogP contribution in [0.1, 0.15) is 10.4 Å². The van der Waals surface area contributed by atoms with E-state index in [1.54, 1.807) is 12.3 Å². The lowest BCUT2D eigenvalue weighted by Crippen LogP contribution is -2.44. The molecule has 3 rings (SSSR count). The summed E-state index contributed by atoms with van der Waals surface area (Å²) in [6.07, 6.45) is 5.08. The van der Waals surface area contributed by atoms with Crippen LogP contribution < -0.4 is 10.6 Å². The summed E-state index contributed by atoms with van der Waals surface area (Å²) in [6.45, 7) is 2.60. The predicted octanol–water partition coefficient (Wildman–Crippen LogP) is 0.936. The molecule has 8 heteroatoms. The fraction of sp³-hybridized carbons (Fsp3) is 0.357. The topological polar surface area (TPSA) is 86.3 Å². The number of rotatable bonds is 4. The Bertz CT molecular complexity index is 661. The minimum absolute atomic E-state index is 0.00216. The number of anilines is 1. The summed E-state index contributed by atoms with van der Waals surface area (Å²) in [6, 6.07) is 3.42. The highest BCUT2D eigenvalue weighted by Crippen LogP contribution is 2.25. The van der Waals surface area contributed by atoms with Crippen LogP contribution in [0, 0.1) is 0 Å². The Morgan fingerprint density at radius 1 is 1.55 bits per heavy atom. The number of primary amides is 1. The van der Waals surface area contributed by atoms with Gasteiger partial charge in [-0.1, -0.05) is 11.6 Å². The summed E-state index contributed by atoms with van der Waals surface area (Å²) < 4.78 is 7.59. The Morgan fingerprint density at radius 2 is 2.41 bits per heavy atom. The number of nitrogens with zero attached hydrogens (tertiary/aromatic N) is 4. The molecule has 2 aromatic rings. The summed E-state index contributed by atoms with van der Waals surface area (Å²) in [7, 11) is 0. The third-order valence-corrected chi connectivity index (χ3v) is 3.77. The average molecular weight is 322 g/mol. The zero-order valence-corrected chi connectivity index (χ0v) is 12.6. The van der Waals surface area contributed by atoms with Crippen molar-refractivity contribution in [1.82, 2.24) is 14.8 Å². The van der Waals surface area contributed by atoms with Crippen LogP contribution in [-0.2, 0) is 11.3 Å². The molecule has 116 valence electrons. The van der Waals surface area contributed by atoms with Crippen molar-refractivity contribution < 1.29 is 9.53 Å². The molecule has 3 heterocycles. The normalized spacial score (nSPS) is 18.4. The molecule has 1 amide bonds. The second-order valence-electron chi connectivity index (χ2n) is 5.06. The van der Waals surface area contributed by atoms with Crippen molar-refractivity contribution in [1.29, 1.82) is 0 Å². The van der Waals surface area contributed by atoms with Crippen LogP contribution >= 0.6 is 11.6 Å². The lowest BCUT2D eigenvalue weighted by atomic mass is 10.2. The highest BCUT2D eigenvalue weighted by molar-refractivity contribution is 6.33. The first kappa shape index (κ1) is 14.8. The highest BCUT2D eigenvalue weighted by Gasteiger charge is 2.24. The van der Waals surface area contributed by atoms with Gasteiger partial charge in [0.1, 0.15) is 5.82 Å². The molecule has 1 saturated heterocycles. The molecule has 7 nitrogen and oxygen atoms in total. The van der Waals surface area contributed by atoms with Gasteiger partial charge in [0.15, 0.2) is 0 Å². The zero-order valence-electron chi connectivity index (χ0n) is 11.9. The van der Waals surface area contributed by atoms with Gasteiger partial charge in [-0.2, -0.15) is 5.10 Å². The number of carbonyl (C=O) groups is 1. The van der Waals surface area contributed by atoms with Crippen LogP contribution in [0.3, 0.4) is 0 Å². The van der Waals surface area contributed by atoms with Gasteiger partial charge in [-0.25, -0.2) is 4.98 Å². The van der Waals surface area contributed by atoms with Crippen molar-refractivity contribution in [2.24, 2.45) is 5.73 Å². The standard InChI is InChI=1S/C14H16ClN5O2/c15-12-6-10(13(16)21)7-17-14(12)19-4-5-22-11(8-19)9-20-3-1-2-18-20/h1-3,6-7,11H,4-5,8-9H2,(H2,16,21). The fourth-order valence-electron chi connectivity index (χ4n) is 2.44. The molecule has 1 atom stereocenters. The Morgan fingerprint density at radius 3 is 3.09 bits per heavy atom. The number of morpholine rings is 1. The van der Waals surface area contributed by atoms with Gasteiger partial charge in [0, 0.05) is 31.7 Å². The third-order valence-electron chi connectivity index (χ3n) is 3.49. The lowest BCUT2D eigenvalue weighted by Gasteiger charge is -2.34. The quantitative estimate of drug-likeness (QED) is 0.905. The number of ether oxygens (including phenoxy) is 1. The molecule has 0 bridgehead atoms. The number of carbonyl (C=O) groups excluding carboxylic acids is 1. The molecule has 0 spiro atoms. The first-order valence-corrected chi connectivity index (χ1v) is 7.30. The van der Waals surface area contributed by atoms with Gasteiger partial charge < -0.3 is 15.4 Å². The molecule has 0 saturated carbocycles. The molecule has 2 N–H and O–H groups in total. The van der Waals surface area contributed by atoms with Crippen LogP contribution in [0.15, 0.2) is 30.7 Å². The van der Waals surface area contributed by atoms with Crippen LogP contribution in [0.25, 0.3) is 0 Å². The van der Waals surface area contributed by atoms with Gasteiger partial charge in [-0.05, 0) is 12.1 Å². The van der Waals surface area contributed by atoms with Crippen LogP contribution in [0.4, 0.5) is 5.82 Å². The van der Waals surface area contributed by atoms with Crippen molar-refractivity contribution in [3.8, 4) is 0 Å². The van der Waals surface area contributed by atoms with Crippen LogP contribution in [-0.4, -0.2) is 46.5 Å². The largest absolute Gasteiger partial charge is 0.373 e. The smallest absolute Gasteiger partial charge is 0.250 e. The molecular weight excluding hydrogens is 306 g/mol. The van der Waals surface area contributed by atoms with E-state index in [1.165, 1.54) is 6.20 Å². The Labute approximate surface area is 132 Å². The molecule has 22 heavy (non-hydrogen) atoms. The van der Waals surface area contributed by atoms with Crippen molar-refractivity contribution >= 4 is 23.3 Å². The van der Waals surface area contributed by atoms with E-state index >= 15 is 0 Å². The number of nitrogens with two attached hydrogens (primary N) is 1. The lowest BCUT2D eigenvalue weighted by molar-refractivity contribution is 0.0272. The van der Waals surface area contributed by atoms with Gasteiger partial charge in [0.2, 0.25) is 5.91 Å². The van der Waals surface area contributed by atoms with E-state index in [2.05, 4.69) is 10.1 Å². The minimum Gasteiger partial charge on any atom is -0.373 e. The maximum absolute atomic E-state index is 11.2. The van der Waals surface area contributed by atoms with Gasteiger partial charge in [-0.15, -0.1) is 0 Å². The SMILES string of the molecule is NC(=O)c1cnc(N2CCOC(Cn3cccn3)C2)c(Cl)c1. The second kappa shape index (κ2) is 6.33. The number of halogens is 1. The number of hydrogen-bond donors (Lipinski definition) is 1. The number of pyridine rings is 1. The van der Waals surface area contributed by atoms with E-state index in [9.17, 15) is 4.79 Å². The molecule has 1 aliphatic rings. The Balaban J connectivity index is 1.73. The van der Waals surface area contributed by atoms with E-state index in [4.69, 9.17) is 22.1 Å². The molecule has 2 aromatic heterocycles. The fourth-order valence-corrected chi connectivity index (χ4v) is 2.72.